The Morgan fingerprint density at radius 1 is 1.03 bits per heavy atom. The molecule has 0 radical (unpaired) electrons. The molecule has 0 spiro atoms. The predicted octanol–water partition coefficient (Wildman–Crippen LogP) is 4.81. The molecular formula is C24H25ClN2O4S. The Morgan fingerprint density at radius 3 is 2.22 bits per heavy atom. The maximum absolute atomic E-state index is 12.7. The van der Waals surface area contributed by atoms with Crippen LogP contribution in [0.4, 0.5) is 5.69 Å². The van der Waals surface area contributed by atoms with Crippen LogP contribution in [-0.2, 0) is 16.6 Å². The Labute approximate surface area is 193 Å². The molecule has 0 saturated heterocycles. The molecule has 0 aliphatic heterocycles. The number of carbonyl (C=O) groups excluding carboxylic acids is 1. The van der Waals surface area contributed by atoms with Crippen molar-refractivity contribution in [2.45, 2.75) is 19.5 Å². The highest BCUT2D eigenvalue weighted by molar-refractivity contribution is 7.92. The fourth-order valence-corrected chi connectivity index (χ4v) is 4.29. The first-order valence-corrected chi connectivity index (χ1v) is 12.2. The highest BCUT2D eigenvalue weighted by atomic mass is 35.5. The molecule has 0 aliphatic rings. The van der Waals surface area contributed by atoms with Crippen LogP contribution in [-0.4, -0.2) is 27.7 Å². The van der Waals surface area contributed by atoms with Crippen LogP contribution < -0.4 is 14.4 Å². The number of sulfonamides is 1. The maximum Gasteiger partial charge on any atom is 0.251 e. The summed E-state index contributed by atoms with van der Waals surface area (Å²) in [7, 11) is -1.96. The average Bonchev–Trinajstić information content (AvgIpc) is 2.78. The average molecular weight is 473 g/mol. The molecule has 1 amide bonds. The number of amides is 1. The maximum atomic E-state index is 12.7. The Kier molecular flexibility index (Phi) is 7.43. The molecule has 8 heteroatoms. The van der Waals surface area contributed by atoms with Gasteiger partial charge in [0.15, 0.2) is 0 Å². The van der Waals surface area contributed by atoms with Gasteiger partial charge >= 0.3 is 0 Å². The van der Waals surface area contributed by atoms with Crippen LogP contribution in [0.3, 0.4) is 0 Å². The monoisotopic (exact) mass is 472 g/mol. The van der Waals surface area contributed by atoms with E-state index in [-0.39, 0.29) is 18.5 Å². The SMILES string of the molecule is COc1ccc([C@@H](C)NC(=O)c2ccc(N(Cc3ccccc3Cl)S(C)(=O)=O)cc2)cc1. The van der Waals surface area contributed by atoms with Gasteiger partial charge in [-0.2, -0.15) is 0 Å². The number of ether oxygens (including phenoxy) is 1. The van der Waals surface area contributed by atoms with Gasteiger partial charge in [-0.3, -0.25) is 9.10 Å². The van der Waals surface area contributed by atoms with Gasteiger partial charge < -0.3 is 10.1 Å². The first-order chi connectivity index (χ1) is 15.2. The lowest BCUT2D eigenvalue weighted by molar-refractivity contribution is 0.0940. The summed E-state index contributed by atoms with van der Waals surface area (Å²) >= 11 is 6.21. The number of methoxy groups -OCH3 is 1. The van der Waals surface area contributed by atoms with Crippen LogP contribution in [0, 0.1) is 0 Å². The van der Waals surface area contributed by atoms with Crippen molar-refractivity contribution in [3.63, 3.8) is 0 Å². The van der Waals surface area contributed by atoms with Gasteiger partial charge in [0, 0.05) is 10.6 Å². The molecule has 0 aliphatic carbocycles. The molecule has 1 atom stereocenters. The van der Waals surface area contributed by atoms with Crippen LogP contribution in [0.2, 0.25) is 5.02 Å². The molecule has 6 nitrogen and oxygen atoms in total. The third-order valence-corrected chi connectivity index (χ3v) is 6.56. The molecule has 0 saturated carbocycles. The largest absolute Gasteiger partial charge is 0.497 e. The lowest BCUT2D eigenvalue weighted by Gasteiger charge is -2.23. The second-order valence-electron chi connectivity index (χ2n) is 7.38. The summed E-state index contributed by atoms with van der Waals surface area (Å²) in [5, 5.41) is 3.44. The Morgan fingerprint density at radius 2 is 1.66 bits per heavy atom. The molecule has 3 rings (SSSR count). The van der Waals surface area contributed by atoms with Crippen molar-refractivity contribution in [3.8, 4) is 5.75 Å². The van der Waals surface area contributed by atoms with E-state index in [4.69, 9.17) is 16.3 Å². The lowest BCUT2D eigenvalue weighted by Crippen LogP contribution is -2.30. The minimum absolute atomic E-state index is 0.0958. The smallest absolute Gasteiger partial charge is 0.251 e. The van der Waals surface area contributed by atoms with Gasteiger partial charge in [-0.25, -0.2) is 8.42 Å². The standard InChI is InChI=1S/C24H25ClN2O4S/c1-17(18-10-14-22(31-2)15-11-18)26-24(28)19-8-12-21(13-9-19)27(32(3,29)30)16-20-6-4-5-7-23(20)25/h4-15,17H,16H2,1-3H3,(H,26,28)/t17-/m1/s1. The van der Waals surface area contributed by atoms with Gasteiger partial charge in [-0.15, -0.1) is 0 Å². The number of carbonyl (C=O) groups is 1. The van der Waals surface area contributed by atoms with Gasteiger partial charge in [0.1, 0.15) is 5.75 Å². The lowest BCUT2D eigenvalue weighted by atomic mass is 10.1. The van der Waals surface area contributed by atoms with Gasteiger partial charge in [-0.05, 0) is 60.5 Å². The summed E-state index contributed by atoms with van der Waals surface area (Å²) in [6.07, 6.45) is 1.14. The fraction of sp³-hybridized carbons (Fsp3) is 0.208. The van der Waals surface area contributed by atoms with E-state index in [0.29, 0.717) is 21.8 Å². The number of hydrogen-bond acceptors (Lipinski definition) is 4. The number of halogens is 1. The van der Waals surface area contributed by atoms with Crippen molar-refractivity contribution >= 4 is 33.2 Å². The summed E-state index contributed by atoms with van der Waals surface area (Å²) in [6.45, 7) is 1.99. The van der Waals surface area contributed by atoms with Crippen LogP contribution >= 0.6 is 11.6 Å². The number of nitrogens with zero attached hydrogens (tertiary/aromatic N) is 1. The van der Waals surface area contributed by atoms with Crippen molar-refractivity contribution in [1.82, 2.24) is 5.32 Å². The van der Waals surface area contributed by atoms with Gasteiger partial charge in [0.05, 0.1) is 31.6 Å². The molecule has 32 heavy (non-hydrogen) atoms. The molecule has 0 aromatic heterocycles. The zero-order chi connectivity index (χ0) is 23.3. The number of rotatable bonds is 8. The summed E-state index contributed by atoms with van der Waals surface area (Å²) in [6, 6.07) is 20.8. The number of benzene rings is 3. The van der Waals surface area contributed by atoms with Crippen molar-refractivity contribution in [2.24, 2.45) is 0 Å². The highest BCUT2D eigenvalue weighted by Crippen LogP contribution is 2.25. The van der Waals surface area contributed by atoms with Crippen molar-refractivity contribution in [3.05, 3.63) is 94.5 Å². The second kappa shape index (κ2) is 10.1. The summed E-state index contributed by atoms with van der Waals surface area (Å²) < 4.78 is 31.2. The number of nitrogens with one attached hydrogen (secondary N) is 1. The van der Waals surface area contributed by atoms with E-state index in [1.54, 1.807) is 55.6 Å². The number of anilines is 1. The minimum atomic E-state index is -3.56. The van der Waals surface area contributed by atoms with E-state index in [9.17, 15) is 13.2 Å². The van der Waals surface area contributed by atoms with Crippen LogP contribution in [0.25, 0.3) is 0 Å². The Hall–Kier alpha value is -3.03. The van der Waals surface area contributed by atoms with Crippen LogP contribution in [0.1, 0.15) is 34.5 Å². The molecule has 0 fully saturated rings. The fourth-order valence-electron chi connectivity index (χ4n) is 3.22. The van der Waals surface area contributed by atoms with E-state index in [1.807, 2.05) is 31.2 Å². The van der Waals surface area contributed by atoms with E-state index in [1.165, 1.54) is 4.31 Å². The first kappa shape index (κ1) is 23.6. The summed E-state index contributed by atoms with van der Waals surface area (Å²) in [4.78, 5) is 12.7. The molecule has 0 heterocycles. The molecular weight excluding hydrogens is 448 g/mol. The zero-order valence-corrected chi connectivity index (χ0v) is 19.7. The van der Waals surface area contributed by atoms with Gasteiger partial charge in [0.25, 0.3) is 5.91 Å². The molecule has 0 unspecified atom stereocenters. The highest BCUT2D eigenvalue weighted by Gasteiger charge is 2.20. The molecule has 3 aromatic carbocycles. The first-order valence-electron chi connectivity index (χ1n) is 9.95. The predicted molar refractivity (Wildman–Crippen MR) is 128 cm³/mol. The quantitative estimate of drug-likeness (QED) is 0.510. The van der Waals surface area contributed by atoms with E-state index >= 15 is 0 Å². The molecule has 0 bridgehead atoms. The topological polar surface area (TPSA) is 75.7 Å². The Balaban J connectivity index is 1.75. The van der Waals surface area contributed by atoms with E-state index < -0.39 is 10.0 Å². The third kappa shape index (κ3) is 5.81. The van der Waals surface area contributed by atoms with Gasteiger partial charge in [0.2, 0.25) is 10.0 Å². The normalized spacial score (nSPS) is 12.1. The third-order valence-electron chi connectivity index (χ3n) is 5.05. The van der Waals surface area contributed by atoms with Crippen LogP contribution in [0.5, 0.6) is 5.75 Å². The van der Waals surface area contributed by atoms with E-state index in [2.05, 4.69) is 5.32 Å². The minimum Gasteiger partial charge on any atom is -0.497 e. The van der Waals surface area contributed by atoms with Crippen molar-refractivity contribution in [2.75, 3.05) is 17.7 Å². The summed E-state index contributed by atoms with van der Waals surface area (Å²) in [5.74, 6) is 0.493. The molecule has 3 aromatic rings. The zero-order valence-electron chi connectivity index (χ0n) is 18.1. The van der Waals surface area contributed by atoms with E-state index in [0.717, 1.165) is 17.6 Å². The van der Waals surface area contributed by atoms with Gasteiger partial charge in [-0.1, -0.05) is 41.9 Å². The van der Waals surface area contributed by atoms with Crippen molar-refractivity contribution in [1.29, 1.82) is 0 Å². The Bertz CT molecular complexity index is 1180. The molecule has 168 valence electrons. The second-order valence-corrected chi connectivity index (χ2v) is 9.69. The van der Waals surface area contributed by atoms with Crippen molar-refractivity contribution < 1.29 is 17.9 Å². The van der Waals surface area contributed by atoms with Crippen LogP contribution in [0.15, 0.2) is 72.8 Å². The number of hydrogen-bond donors (Lipinski definition) is 1. The molecule has 1 N–H and O–H groups in total. The summed E-state index contributed by atoms with van der Waals surface area (Å²) in [5.41, 5.74) is 2.51.